The highest BCUT2D eigenvalue weighted by Crippen LogP contribution is 2.21. The lowest BCUT2D eigenvalue weighted by Gasteiger charge is -2.14. The molecule has 0 radical (unpaired) electrons. The average Bonchev–Trinajstić information content (AvgIpc) is 2.36. The van der Waals surface area contributed by atoms with Gasteiger partial charge in [-0.15, -0.1) is 0 Å². The highest BCUT2D eigenvalue weighted by molar-refractivity contribution is 6.31. The number of primary amides is 1. The van der Waals surface area contributed by atoms with Gasteiger partial charge in [0.05, 0.1) is 5.56 Å². The van der Waals surface area contributed by atoms with Crippen molar-refractivity contribution in [1.82, 2.24) is 5.32 Å². The van der Waals surface area contributed by atoms with Crippen molar-refractivity contribution >= 4 is 29.4 Å². The maximum atomic E-state index is 11.9. The van der Waals surface area contributed by atoms with Crippen molar-refractivity contribution in [2.24, 2.45) is 5.73 Å². The average molecular weight is 301 g/mol. The van der Waals surface area contributed by atoms with E-state index in [1.54, 1.807) is 0 Å². The number of hydrogen-bond donors (Lipinski definition) is 4. The molecule has 1 atom stereocenters. The number of nitrogens with one attached hydrogen (secondary N) is 1. The number of carbonyl (C=O) groups excluding carboxylic acids is 2. The van der Waals surface area contributed by atoms with Gasteiger partial charge in [-0.05, 0) is 24.6 Å². The molecule has 0 bridgehead atoms. The molecule has 1 aromatic carbocycles. The Morgan fingerprint density at radius 1 is 1.35 bits per heavy atom. The smallest absolute Gasteiger partial charge is 0.326 e. The number of benzene rings is 1. The van der Waals surface area contributed by atoms with E-state index in [4.69, 9.17) is 22.4 Å². The van der Waals surface area contributed by atoms with Crippen molar-refractivity contribution in [1.29, 1.82) is 0 Å². The summed E-state index contributed by atoms with van der Waals surface area (Å²) in [6, 6.07) is 2.53. The summed E-state index contributed by atoms with van der Waals surface area (Å²) in [6.07, 6.45) is -0.323. The van der Waals surface area contributed by atoms with E-state index in [0.717, 1.165) is 0 Å². The van der Waals surface area contributed by atoms with Gasteiger partial charge in [0.1, 0.15) is 11.8 Å². The molecule has 0 spiro atoms. The van der Waals surface area contributed by atoms with Gasteiger partial charge in [0, 0.05) is 11.4 Å². The number of halogens is 1. The van der Waals surface area contributed by atoms with E-state index < -0.39 is 23.8 Å². The molecule has 1 aromatic rings. The van der Waals surface area contributed by atoms with Gasteiger partial charge in [0.2, 0.25) is 5.91 Å². The molecule has 8 heteroatoms. The fraction of sp³-hybridized carbons (Fsp3) is 0.250. The Hall–Kier alpha value is -2.28. The van der Waals surface area contributed by atoms with E-state index >= 15 is 0 Å². The Kier molecular flexibility index (Phi) is 5.33. The van der Waals surface area contributed by atoms with Gasteiger partial charge in [0.25, 0.3) is 5.91 Å². The topological polar surface area (TPSA) is 130 Å². The maximum absolute atomic E-state index is 11.9. The first-order valence-electron chi connectivity index (χ1n) is 5.61. The number of hydrogen-bond acceptors (Lipinski definition) is 4. The Labute approximate surface area is 119 Å². The van der Waals surface area contributed by atoms with Crippen LogP contribution < -0.4 is 11.1 Å². The fourth-order valence-corrected chi connectivity index (χ4v) is 1.64. The number of rotatable bonds is 6. The molecule has 20 heavy (non-hydrogen) atoms. The Morgan fingerprint density at radius 3 is 2.55 bits per heavy atom. The summed E-state index contributed by atoms with van der Waals surface area (Å²) in [4.78, 5) is 33.5. The number of amides is 2. The van der Waals surface area contributed by atoms with E-state index in [1.165, 1.54) is 18.2 Å². The standard InChI is InChI=1S/C12H13ClN2O5/c13-6-1-3-9(16)7(5-6)11(18)15-8(12(19)20)2-4-10(14)17/h1,3,5,8,16H,2,4H2,(H2,14,17)(H,15,18)(H,19,20). The van der Waals surface area contributed by atoms with Crippen LogP contribution in [0, 0.1) is 0 Å². The van der Waals surface area contributed by atoms with Crippen LogP contribution in [0.15, 0.2) is 18.2 Å². The monoisotopic (exact) mass is 300 g/mol. The summed E-state index contributed by atoms with van der Waals surface area (Å²) in [6.45, 7) is 0. The Balaban J connectivity index is 2.82. The zero-order valence-corrected chi connectivity index (χ0v) is 11.1. The van der Waals surface area contributed by atoms with E-state index in [9.17, 15) is 19.5 Å². The lowest BCUT2D eigenvalue weighted by atomic mass is 10.1. The molecule has 0 saturated carbocycles. The molecule has 5 N–H and O–H groups in total. The molecule has 1 rings (SSSR count). The molecule has 2 amide bonds. The highest BCUT2D eigenvalue weighted by atomic mass is 35.5. The molecule has 0 aliphatic carbocycles. The molecular weight excluding hydrogens is 288 g/mol. The number of carboxylic acid groups (broad SMARTS) is 1. The van der Waals surface area contributed by atoms with Crippen molar-refractivity contribution in [3.05, 3.63) is 28.8 Å². The molecule has 0 saturated heterocycles. The molecule has 0 aliphatic heterocycles. The number of carbonyl (C=O) groups is 3. The number of aliphatic carboxylic acids is 1. The van der Waals surface area contributed by atoms with Crippen LogP contribution in [0.1, 0.15) is 23.2 Å². The van der Waals surface area contributed by atoms with Crippen LogP contribution in [0.4, 0.5) is 0 Å². The Bertz CT molecular complexity index is 547. The minimum atomic E-state index is -1.30. The number of phenolic OH excluding ortho intramolecular Hbond substituents is 1. The van der Waals surface area contributed by atoms with E-state index in [0.29, 0.717) is 0 Å². The third kappa shape index (κ3) is 4.43. The van der Waals surface area contributed by atoms with E-state index in [-0.39, 0.29) is 29.2 Å². The van der Waals surface area contributed by atoms with Crippen LogP contribution in [0.25, 0.3) is 0 Å². The molecule has 0 aliphatic rings. The molecule has 108 valence electrons. The third-order valence-electron chi connectivity index (χ3n) is 2.49. The normalized spacial score (nSPS) is 11.7. The molecule has 7 nitrogen and oxygen atoms in total. The summed E-state index contributed by atoms with van der Waals surface area (Å²) in [5.41, 5.74) is 4.77. The second kappa shape index (κ2) is 6.76. The SMILES string of the molecule is NC(=O)CCC(NC(=O)c1cc(Cl)ccc1O)C(=O)O. The number of carboxylic acids is 1. The molecule has 1 unspecified atom stereocenters. The third-order valence-corrected chi connectivity index (χ3v) is 2.72. The van der Waals surface area contributed by atoms with Crippen molar-refractivity contribution < 1.29 is 24.6 Å². The van der Waals surface area contributed by atoms with Gasteiger partial charge in [-0.25, -0.2) is 4.79 Å². The summed E-state index contributed by atoms with van der Waals surface area (Å²) < 4.78 is 0. The predicted molar refractivity (Wildman–Crippen MR) is 70.4 cm³/mol. The summed E-state index contributed by atoms with van der Waals surface area (Å²) in [7, 11) is 0. The maximum Gasteiger partial charge on any atom is 0.326 e. The zero-order valence-electron chi connectivity index (χ0n) is 10.3. The van der Waals surface area contributed by atoms with Gasteiger partial charge in [-0.2, -0.15) is 0 Å². The van der Waals surface area contributed by atoms with Gasteiger partial charge < -0.3 is 21.3 Å². The minimum Gasteiger partial charge on any atom is -0.507 e. The number of phenols is 1. The van der Waals surface area contributed by atoms with Gasteiger partial charge in [-0.1, -0.05) is 11.6 Å². The number of nitrogens with two attached hydrogens (primary N) is 1. The summed E-state index contributed by atoms with van der Waals surface area (Å²) in [5, 5.41) is 20.9. The van der Waals surface area contributed by atoms with Gasteiger partial charge >= 0.3 is 5.97 Å². The second-order valence-corrected chi connectivity index (χ2v) is 4.47. The van der Waals surface area contributed by atoms with Crippen LogP contribution in [-0.2, 0) is 9.59 Å². The number of aromatic hydroxyl groups is 1. The predicted octanol–water partition coefficient (Wildman–Crippen LogP) is 0.494. The lowest BCUT2D eigenvalue weighted by Crippen LogP contribution is -2.41. The van der Waals surface area contributed by atoms with Crippen LogP contribution in [0.5, 0.6) is 5.75 Å². The molecular formula is C12H13ClN2O5. The molecule has 0 fully saturated rings. The Morgan fingerprint density at radius 2 is 2.00 bits per heavy atom. The van der Waals surface area contributed by atoms with E-state index in [2.05, 4.69) is 5.32 Å². The second-order valence-electron chi connectivity index (χ2n) is 4.03. The largest absolute Gasteiger partial charge is 0.507 e. The lowest BCUT2D eigenvalue weighted by molar-refractivity contribution is -0.139. The molecule has 0 aromatic heterocycles. The summed E-state index contributed by atoms with van der Waals surface area (Å²) >= 11 is 5.69. The first-order chi connectivity index (χ1) is 9.31. The first kappa shape index (κ1) is 15.8. The van der Waals surface area contributed by atoms with Gasteiger partial charge in [0.15, 0.2) is 0 Å². The fourth-order valence-electron chi connectivity index (χ4n) is 1.47. The van der Waals surface area contributed by atoms with Gasteiger partial charge in [-0.3, -0.25) is 9.59 Å². The van der Waals surface area contributed by atoms with Crippen LogP contribution >= 0.6 is 11.6 Å². The molecule has 0 heterocycles. The van der Waals surface area contributed by atoms with Crippen molar-refractivity contribution in [2.45, 2.75) is 18.9 Å². The highest BCUT2D eigenvalue weighted by Gasteiger charge is 2.22. The van der Waals surface area contributed by atoms with Crippen LogP contribution in [0.2, 0.25) is 5.02 Å². The van der Waals surface area contributed by atoms with Crippen LogP contribution in [0.3, 0.4) is 0 Å². The van der Waals surface area contributed by atoms with Crippen LogP contribution in [-0.4, -0.2) is 34.0 Å². The minimum absolute atomic E-state index is 0.141. The first-order valence-corrected chi connectivity index (χ1v) is 5.99. The van der Waals surface area contributed by atoms with E-state index in [1.807, 2.05) is 0 Å². The summed E-state index contributed by atoms with van der Waals surface area (Å²) in [5.74, 6) is -3.11. The van der Waals surface area contributed by atoms with Crippen molar-refractivity contribution in [3.63, 3.8) is 0 Å². The zero-order chi connectivity index (χ0) is 15.3. The van der Waals surface area contributed by atoms with Crippen molar-refractivity contribution in [2.75, 3.05) is 0 Å². The van der Waals surface area contributed by atoms with Crippen molar-refractivity contribution in [3.8, 4) is 5.75 Å². The quantitative estimate of drug-likeness (QED) is 0.607.